The zero-order valence-corrected chi connectivity index (χ0v) is 5.92. The molecule has 2 rings (SSSR count). The number of nitrogens with one attached hydrogen (secondary N) is 1. The van der Waals surface area contributed by atoms with Crippen LogP contribution in [0.25, 0.3) is 0 Å². The summed E-state index contributed by atoms with van der Waals surface area (Å²) in [5, 5.41) is 0. The maximum absolute atomic E-state index is 3.96. The summed E-state index contributed by atoms with van der Waals surface area (Å²) >= 11 is 0. The highest BCUT2D eigenvalue weighted by atomic mass is 35.5. The standard InChI is InChI=1S/C6H5N3.ClH/c1-2-9-5-8-4-6(9)3-7-1;/h1-5H;1H. The average Bonchev–Trinajstić information content (AvgIpc) is 2.33. The molecule has 0 aromatic rings. The summed E-state index contributed by atoms with van der Waals surface area (Å²) in [6.45, 7) is 0. The first kappa shape index (κ1) is 7.18. The maximum atomic E-state index is 3.96. The van der Waals surface area contributed by atoms with Crippen molar-refractivity contribution in [2.75, 3.05) is 0 Å². The van der Waals surface area contributed by atoms with Crippen molar-refractivity contribution in [2.24, 2.45) is 9.98 Å². The van der Waals surface area contributed by atoms with E-state index in [4.69, 9.17) is 0 Å². The Labute approximate surface area is 64.9 Å². The molecule has 2 aliphatic heterocycles. The van der Waals surface area contributed by atoms with Crippen LogP contribution in [0.3, 0.4) is 0 Å². The molecule has 0 aromatic carbocycles. The van der Waals surface area contributed by atoms with Crippen molar-refractivity contribution in [2.45, 2.75) is 0 Å². The van der Waals surface area contributed by atoms with Gasteiger partial charge in [-0.25, -0.2) is 9.89 Å². The lowest BCUT2D eigenvalue weighted by atomic mass is 10.4. The van der Waals surface area contributed by atoms with E-state index in [9.17, 15) is 0 Å². The molecule has 1 unspecified atom stereocenters. The molecule has 0 saturated carbocycles. The topological polar surface area (TPSA) is 29.2 Å². The van der Waals surface area contributed by atoms with Crippen LogP contribution in [0.5, 0.6) is 0 Å². The zero-order valence-electron chi connectivity index (χ0n) is 5.16. The number of rotatable bonds is 0. The van der Waals surface area contributed by atoms with Crippen molar-refractivity contribution < 1.29 is 17.3 Å². The minimum Gasteiger partial charge on any atom is -1.00 e. The van der Waals surface area contributed by atoms with Gasteiger partial charge in [0.05, 0.1) is 18.6 Å². The van der Waals surface area contributed by atoms with Crippen molar-refractivity contribution in [3.05, 3.63) is 24.3 Å². The second-order valence-corrected chi connectivity index (χ2v) is 1.91. The summed E-state index contributed by atoms with van der Waals surface area (Å²) in [6, 6.07) is 0. The van der Waals surface area contributed by atoms with Crippen LogP contribution >= 0.6 is 0 Å². The zero-order chi connectivity index (χ0) is 6.10. The van der Waals surface area contributed by atoms with Crippen LogP contribution in [0.1, 0.15) is 0 Å². The van der Waals surface area contributed by atoms with Crippen LogP contribution in [0.4, 0.5) is 0 Å². The number of allylic oxidation sites excluding steroid dienone is 1. The van der Waals surface area contributed by atoms with Crippen molar-refractivity contribution in [1.29, 1.82) is 0 Å². The Morgan fingerprint density at radius 2 is 2.20 bits per heavy atom. The number of hydrogen-bond donors (Lipinski definition) is 1. The third-order valence-electron chi connectivity index (χ3n) is 1.31. The predicted octanol–water partition coefficient (Wildman–Crippen LogP) is -3.69. The average molecular weight is 156 g/mol. The largest absolute Gasteiger partial charge is 1.00 e. The summed E-state index contributed by atoms with van der Waals surface area (Å²) in [7, 11) is 0. The Kier molecular flexibility index (Phi) is 1.99. The number of fused-ring (bicyclic) bond motifs is 1. The molecule has 10 heavy (non-hydrogen) atoms. The van der Waals surface area contributed by atoms with Crippen LogP contribution in [-0.4, -0.2) is 12.6 Å². The monoisotopic (exact) mass is 155 g/mol. The molecule has 1 atom stereocenters. The lowest BCUT2D eigenvalue weighted by molar-refractivity contribution is -0.681. The Balaban J connectivity index is 0.000000500. The number of quaternary nitrogens is 1. The van der Waals surface area contributed by atoms with Gasteiger partial charge >= 0.3 is 0 Å². The highest BCUT2D eigenvalue weighted by Gasteiger charge is 2.14. The highest BCUT2D eigenvalue weighted by Crippen LogP contribution is 1.89. The van der Waals surface area contributed by atoms with Crippen LogP contribution < -0.4 is 17.3 Å². The van der Waals surface area contributed by atoms with Crippen molar-refractivity contribution >= 4 is 12.6 Å². The van der Waals surface area contributed by atoms with Gasteiger partial charge in [0, 0.05) is 0 Å². The molecule has 0 amide bonds. The highest BCUT2D eigenvalue weighted by molar-refractivity contribution is 5.80. The molecule has 4 heteroatoms. The van der Waals surface area contributed by atoms with Gasteiger partial charge in [-0.1, -0.05) is 0 Å². The number of nitrogens with zero attached hydrogens (tertiary/aromatic N) is 2. The molecule has 0 fully saturated rings. The second kappa shape index (κ2) is 2.77. The van der Waals surface area contributed by atoms with Crippen molar-refractivity contribution in [3.8, 4) is 0 Å². The van der Waals surface area contributed by atoms with Gasteiger partial charge in [0.1, 0.15) is 6.20 Å². The van der Waals surface area contributed by atoms with Gasteiger partial charge < -0.3 is 12.4 Å². The molecule has 0 aromatic heterocycles. The molecule has 2 aliphatic rings. The van der Waals surface area contributed by atoms with E-state index in [0.717, 1.165) is 10.6 Å². The van der Waals surface area contributed by atoms with Gasteiger partial charge in [0.2, 0.25) is 0 Å². The van der Waals surface area contributed by atoms with Gasteiger partial charge in [0.25, 0.3) is 0 Å². The molecule has 2 heterocycles. The summed E-state index contributed by atoms with van der Waals surface area (Å²) in [5.41, 5.74) is 1.11. The first-order valence-electron chi connectivity index (χ1n) is 2.77. The first-order valence-corrected chi connectivity index (χ1v) is 2.77. The molecular weight excluding hydrogens is 150 g/mol. The molecule has 0 radical (unpaired) electrons. The van der Waals surface area contributed by atoms with E-state index in [2.05, 4.69) is 9.98 Å². The van der Waals surface area contributed by atoms with E-state index in [1.807, 2.05) is 25.0 Å². The summed E-state index contributed by atoms with van der Waals surface area (Å²) < 4.78 is 0. The molecule has 3 nitrogen and oxygen atoms in total. The Morgan fingerprint density at radius 3 is 3.00 bits per heavy atom. The Morgan fingerprint density at radius 1 is 1.30 bits per heavy atom. The third kappa shape index (κ3) is 1.01. The van der Waals surface area contributed by atoms with Crippen LogP contribution in [0.15, 0.2) is 34.3 Å². The summed E-state index contributed by atoms with van der Waals surface area (Å²) in [6.07, 6.45) is 9.16. The van der Waals surface area contributed by atoms with E-state index >= 15 is 0 Å². The van der Waals surface area contributed by atoms with Gasteiger partial charge in [-0.3, -0.25) is 4.99 Å². The molecule has 0 spiro atoms. The van der Waals surface area contributed by atoms with E-state index in [0.29, 0.717) is 0 Å². The lowest BCUT2D eigenvalue weighted by Crippen LogP contribution is -3.04. The SMILES string of the molecule is C1=C[NH+]2C=NC=C2C=N1.[Cl-]. The molecule has 0 aliphatic carbocycles. The fraction of sp³-hybridized carbons (Fsp3) is 0. The van der Waals surface area contributed by atoms with E-state index in [1.165, 1.54) is 0 Å². The van der Waals surface area contributed by atoms with Gasteiger partial charge in [-0.15, -0.1) is 0 Å². The first-order chi connectivity index (χ1) is 4.47. The smallest absolute Gasteiger partial charge is 0.198 e. The second-order valence-electron chi connectivity index (χ2n) is 1.91. The fourth-order valence-electron chi connectivity index (χ4n) is 0.841. The minimum absolute atomic E-state index is 0. The summed E-state index contributed by atoms with van der Waals surface area (Å²) in [5.74, 6) is 0. The number of aliphatic imine (C=N–C) groups is 2. The van der Waals surface area contributed by atoms with Gasteiger partial charge in [0.15, 0.2) is 12.0 Å². The normalized spacial score (nSPS) is 25.6. The van der Waals surface area contributed by atoms with Gasteiger partial charge in [-0.2, -0.15) is 0 Å². The quantitative estimate of drug-likeness (QED) is 0.374. The lowest BCUT2D eigenvalue weighted by Gasteiger charge is -2.03. The van der Waals surface area contributed by atoms with E-state index in [1.54, 1.807) is 6.20 Å². The van der Waals surface area contributed by atoms with Crippen molar-refractivity contribution in [3.63, 3.8) is 0 Å². The predicted molar refractivity (Wildman–Crippen MR) is 35.2 cm³/mol. The molecule has 0 bridgehead atoms. The Hall–Kier alpha value is -0.930. The molecular formula is C6H6ClN3. The van der Waals surface area contributed by atoms with Crippen molar-refractivity contribution in [1.82, 2.24) is 0 Å². The molecule has 0 saturated heterocycles. The Bertz CT molecular complexity index is 239. The fourth-order valence-corrected chi connectivity index (χ4v) is 0.841. The maximum Gasteiger partial charge on any atom is 0.198 e. The van der Waals surface area contributed by atoms with E-state index < -0.39 is 0 Å². The molecule has 52 valence electrons. The summed E-state index contributed by atoms with van der Waals surface area (Å²) in [4.78, 5) is 9.06. The van der Waals surface area contributed by atoms with E-state index in [-0.39, 0.29) is 12.4 Å². The van der Waals surface area contributed by atoms with Crippen LogP contribution in [0, 0.1) is 0 Å². The van der Waals surface area contributed by atoms with Crippen LogP contribution in [-0.2, 0) is 0 Å². The molecule has 1 N–H and O–H groups in total. The number of halogens is 1. The minimum atomic E-state index is 0. The van der Waals surface area contributed by atoms with Crippen LogP contribution in [0.2, 0.25) is 0 Å². The third-order valence-corrected chi connectivity index (χ3v) is 1.31. The number of hydrogen-bond acceptors (Lipinski definition) is 2. The van der Waals surface area contributed by atoms with Gasteiger partial charge in [-0.05, 0) is 0 Å².